The maximum atomic E-state index is 11.6. The molecule has 0 radical (unpaired) electrons. The summed E-state index contributed by atoms with van der Waals surface area (Å²) in [5.41, 5.74) is 0.777. The zero-order valence-corrected chi connectivity index (χ0v) is 12.5. The molecule has 1 aromatic heterocycles. The van der Waals surface area contributed by atoms with E-state index < -0.39 is 0 Å². The molecular formula is C15H16ClN3O3. The van der Waals surface area contributed by atoms with Crippen LogP contribution in [0.25, 0.3) is 6.08 Å². The molecular weight excluding hydrogens is 306 g/mol. The number of hydrogen-bond acceptors (Lipinski definition) is 4. The van der Waals surface area contributed by atoms with Gasteiger partial charge in [0, 0.05) is 31.6 Å². The van der Waals surface area contributed by atoms with E-state index in [-0.39, 0.29) is 18.3 Å². The van der Waals surface area contributed by atoms with Gasteiger partial charge in [-0.1, -0.05) is 12.1 Å². The van der Waals surface area contributed by atoms with Crippen LogP contribution in [0.2, 0.25) is 0 Å². The molecule has 0 spiro atoms. The molecule has 0 unspecified atom stereocenters. The van der Waals surface area contributed by atoms with Crippen molar-refractivity contribution in [3.05, 3.63) is 54.6 Å². The summed E-state index contributed by atoms with van der Waals surface area (Å²) in [6, 6.07) is 6.89. The first-order valence-corrected chi connectivity index (χ1v) is 6.40. The standard InChI is InChI=1S/C15H15N3O3.ClH/c19-12-21-14-3-1-2-13(10-14)4-5-15(20)17-7-9-18-8-6-16-11-18;/h1-6,8,10-12H,7,9H2,(H,17,20);1H/b5-4+;. The number of carbonyl (C=O) groups is 2. The van der Waals surface area contributed by atoms with E-state index in [0.29, 0.717) is 25.3 Å². The molecule has 0 saturated carbocycles. The first-order chi connectivity index (χ1) is 10.3. The minimum atomic E-state index is -0.183. The Morgan fingerprint density at radius 3 is 3.00 bits per heavy atom. The van der Waals surface area contributed by atoms with Crippen LogP contribution in [-0.2, 0) is 16.1 Å². The van der Waals surface area contributed by atoms with Gasteiger partial charge in [-0.05, 0) is 23.8 Å². The van der Waals surface area contributed by atoms with E-state index in [9.17, 15) is 9.59 Å². The van der Waals surface area contributed by atoms with Gasteiger partial charge < -0.3 is 14.6 Å². The molecule has 1 heterocycles. The van der Waals surface area contributed by atoms with Crippen LogP contribution in [0, 0.1) is 0 Å². The average Bonchev–Trinajstić information content (AvgIpc) is 2.99. The summed E-state index contributed by atoms with van der Waals surface area (Å²) in [7, 11) is 0. The molecule has 0 saturated heterocycles. The zero-order valence-electron chi connectivity index (χ0n) is 11.7. The normalized spacial score (nSPS) is 10.0. The first-order valence-electron chi connectivity index (χ1n) is 6.40. The van der Waals surface area contributed by atoms with E-state index in [1.807, 2.05) is 16.8 Å². The van der Waals surface area contributed by atoms with E-state index in [0.717, 1.165) is 5.56 Å². The maximum Gasteiger partial charge on any atom is 0.298 e. The molecule has 2 rings (SSSR count). The van der Waals surface area contributed by atoms with Gasteiger partial charge in [0.15, 0.2) is 0 Å². The van der Waals surface area contributed by atoms with E-state index in [1.54, 1.807) is 36.8 Å². The Kier molecular flexibility index (Phi) is 7.42. The quantitative estimate of drug-likeness (QED) is 0.622. The summed E-state index contributed by atoms with van der Waals surface area (Å²) >= 11 is 0. The number of ether oxygens (including phenoxy) is 1. The highest BCUT2D eigenvalue weighted by molar-refractivity contribution is 5.91. The number of halogens is 1. The Morgan fingerprint density at radius 1 is 1.41 bits per heavy atom. The molecule has 0 aliphatic heterocycles. The van der Waals surface area contributed by atoms with Gasteiger partial charge in [-0.15, -0.1) is 12.4 Å². The average molecular weight is 322 g/mol. The topological polar surface area (TPSA) is 73.2 Å². The fourth-order valence-corrected chi connectivity index (χ4v) is 1.71. The Balaban J connectivity index is 0.00000242. The Hall–Kier alpha value is -2.60. The molecule has 6 nitrogen and oxygen atoms in total. The van der Waals surface area contributed by atoms with Crippen LogP contribution in [0.3, 0.4) is 0 Å². The number of hydrogen-bond donors (Lipinski definition) is 1. The van der Waals surface area contributed by atoms with Gasteiger partial charge in [0.25, 0.3) is 6.47 Å². The molecule has 2 aromatic rings. The predicted molar refractivity (Wildman–Crippen MR) is 84.7 cm³/mol. The van der Waals surface area contributed by atoms with E-state index in [1.165, 1.54) is 6.08 Å². The lowest BCUT2D eigenvalue weighted by atomic mass is 10.2. The number of amides is 1. The van der Waals surface area contributed by atoms with Gasteiger partial charge in [-0.3, -0.25) is 9.59 Å². The number of carbonyl (C=O) groups excluding carboxylic acids is 2. The minimum Gasteiger partial charge on any atom is -0.429 e. The van der Waals surface area contributed by atoms with Crippen LogP contribution in [0.1, 0.15) is 5.56 Å². The second-order valence-electron chi connectivity index (χ2n) is 4.21. The molecule has 0 aliphatic carbocycles. The molecule has 0 atom stereocenters. The third-order valence-electron chi connectivity index (χ3n) is 2.70. The molecule has 7 heteroatoms. The lowest BCUT2D eigenvalue weighted by Crippen LogP contribution is -2.25. The van der Waals surface area contributed by atoms with E-state index >= 15 is 0 Å². The second-order valence-corrected chi connectivity index (χ2v) is 4.21. The number of imidazole rings is 1. The lowest BCUT2D eigenvalue weighted by molar-refractivity contribution is -0.120. The number of nitrogens with zero attached hydrogens (tertiary/aromatic N) is 2. The second kappa shape index (κ2) is 9.36. The van der Waals surface area contributed by atoms with Crippen molar-refractivity contribution in [1.29, 1.82) is 0 Å². The van der Waals surface area contributed by atoms with Crippen LogP contribution in [0.4, 0.5) is 0 Å². The van der Waals surface area contributed by atoms with Crippen LogP contribution in [0.15, 0.2) is 49.1 Å². The van der Waals surface area contributed by atoms with Gasteiger partial charge in [-0.2, -0.15) is 0 Å². The number of aromatic nitrogens is 2. The van der Waals surface area contributed by atoms with Gasteiger partial charge >= 0.3 is 0 Å². The van der Waals surface area contributed by atoms with Crippen LogP contribution in [0.5, 0.6) is 5.75 Å². The summed E-state index contributed by atoms with van der Waals surface area (Å²) in [6.45, 7) is 1.56. The van der Waals surface area contributed by atoms with Crippen LogP contribution >= 0.6 is 12.4 Å². The summed E-state index contributed by atoms with van der Waals surface area (Å²) in [5, 5.41) is 2.77. The molecule has 116 valence electrons. The smallest absolute Gasteiger partial charge is 0.298 e. The van der Waals surface area contributed by atoms with Gasteiger partial charge in [0.1, 0.15) is 5.75 Å². The first kappa shape index (κ1) is 17.5. The number of rotatable bonds is 7. The fourth-order valence-electron chi connectivity index (χ4n) is 1.71. The largest absolute Gasteiger partial charge is 0.429 e. The highest BCUT2D eigenvalue weighted by Crippen LogP contribution is 2.13. The third kappa shape index (κ3) is 5.80. The third-order valence-corrected chi connectivity index (χ3v) is 2.70. The van der Waals surface area contributed by atoms with E-state index in [2.05, 4.69) is 10.3 Å². The predicted octanol–water partition coefficient (Wildman–Crippen LogP) is 1.67. The van der Waals surface area contributed by atoms with Gasteiger partial charge in [0.2, 0.25) is 5.91 Å². The molecule has 22 heavy (non-hydrogen) atoms. The van der Waals surface area contributed by atoms with Crippen molar-refractivity contribution < 1.29 is 14.3 Å². The molecule has 0 bridgehead atoms. The summed E-state index contributed by atoms with van der Waals surface area (Å²) in [4.78, 5) is 25.8. The van der Waals surface area contributed by atoms with Crippen molar-refractivity contribution in [2.24, 2.45) is 0 Å². The van der Waals surface area contributed by atoms with Crippen molar-refractivity contribution >= 4 is 30.9 Å². The fraction of sp³-hybridized carbons (Fsp3) is 0.133. The molecule has 0 fully saturated rings. The molecule has 1 N–H and O–H groups in total. The number of benzene rings is 1. The van der Waals surface area contributed by atoms with Crippen LogP contribution < -0.4 is 10.1 Å². The summed E-state index contributed by atoms with van der Waals surface area (Å²) < 4.78 is 6.62. The van der Waals surface area contributed by atoms with Crippen molar-refractivity contribution in [3.63, 3.8) is 0 Å². The Morgan fingerprint density at radius 2 is 2.27 bits per heavy atom. The van der Waals surface area contributed by atoms with Crippen molar-refractivity contribution in [1.82, 2.24) is 14.9 Å². The number of nitrogens with one attached hydrogen (secondary N) is 1. The van der Waals surface area contributed by atoms with Gasteiger partial charge in [0.05, 0.1) is 6.33 Å². The minimum absolute atomic E-state index is 0. The Labute approximate surface area is 134 Å². The zero-order chi connectivity index (χ0) is 14.9. The van der Waals surface area contributed by atoms with E-state index in [4.69, 9.17) is 4.74 Å². The monoisotopic (exact) mass is 321 g/mol. The van der Waals surface area contributed by atoms with Gasteiger partial charge in [-0.25, -0.2) is 4.98 Å². The highest BCUT2D eigenvalue weighted by atomic mass is 35.5. The SMILES string of the molecule is Cl.O=COc1cccc(/C=C/C(=O)NCCn2ccnc2)c1. The summed E-state index contributed by atoms with van der Waals surface area (Å²) in [5.74, 6) is 0.254. The molecule has 1 amide bonds. The molecule has 1 aromatic carbocycles. The van der Waals surface area contributed by atoms with Crippen molar-refractivity contribution in [2.75, 3.05) is 6.54 Å². The Bertz CT molecular complexity index is 627. The summed E-state index contributed by atoms with van der Waals surface area (Å²) in [6.07, 6.45) is 8.31. The highest BCUT2D eigenvalue weighted by Gasteiger charge is 1.97. The molecule has 0 aliphatic rings. The van der Waals surface area contributed by atoms with Crippen LogP contribution in [-0.4, -0.2) is 28.5 Å². The van der Waals surface area contributed by atoms with Crippen molar-refractivity contribution in [3.8, 4) is 5.75 Å². The van der Waals surface area contributed by atoms with Crippen molar-refractivity contribution in [2.45, 2.75) is 6.54 Å². The lowest BCUT2D eigenvalue weighted by Gasteiger charge is -2.03. The maximum absolute atomic E-state index is 11.6.